The molecule has 4 nitrogen and oxygen atoms in total. The maximum absolute atomic E-state index is 4.84. The Hall–Kier alpha value is -1.58. The number of hydrogen-bond acceptors (Lipinski definition) is 4. The summed E-state index contributed by atoms with van der Waals surface area (Å²) in [6.07, 6.45) is 2.35. The second kappa shape index (κ2) is 12.8. The predicted octanol–water partition coefficient (Wildman–Crippen LogP) is 10.2. The van der Waals surface area contributed by atoms with Gasteiger partial charge < -0.3 is 0 Å². The van der Waals surface area contributed by atoms with Crippen molar-refractivity contribution in [3.8, 4) is 0 Å². The molecule has 42 heavy (non-hydrogen) atoms. The molecule has 0 aromatic heterocycles. The summed E-state index contributed by atoms with van der Waals surface area (Å²) in [5, 5.41) is 0. The summed E-state index contributed by atoms with van der Waals surface area (Å²) in [6.45, 7) is 40.7. The summed E-state index contributed by atoms with van der Waals surface area (Å²) < 4.78 is 14.7. The second-order valence-electron chi connectivity index (χ2n) is 15.6. The van der Waals surface area contributed by atoms with Gasteiger partial charge in [0.05, 0.1) is 0 Å². The first-order chi connectivity index (χ1) is 19.2. The summed E-state index contributed by atoms with van der Waals surface area (Å²) in [4.78, 5) is 0. The molecule has 0 spiro atoms. The van der Waals surface area contributed by atoms with E-state index in [4.69, 9.17) is 6.58 Å². The van der Waals surface area contributed by atoms with E-state index in [1.54, 1.807) is 0 Å². The minimum absolute atomic E-state index is 0.389. The number of anilines is 2. The fraction of sp³-hybridized carbons (Fsp3) is 0.543. The van der Waals surface area contributed by atoms with Crippen molar-refractivity contribution >= 4 is 42.0 Å². The van der Waals surface area contributed by atoms with Crippen LogP contribution in [0.4, 0.5) is 11.4 Å². The summed E-state index contributed by atoms with van der Waals surface area (Å²) in [7, 11) is -3.72. The van der Waals surface area contributed by atoms with Crippen LogP contribution in [0.1, 0.15) is 108 Å². The number of benzene rings is 2. The predicted molar refractivity (Wildman–Crippen MR) is 196 cm³/mol. The molecule has 0 aliphatic carbocycles. The third-order valence-electron chi connectivity index (χ3n) is 7.89. The average Bonchev–Trinajstić information content (AvgIpc) is 2.81. The van der Waals surface area contributed by atoms with Crippen LogP contribution in [-0.4, -0.2) is 30.6 Å². The van der Waals surface area contributed by atoms with Crippen molar-refractivity contribution in [3.05, 3.63) is 82.7 Å². The molecule has 0 saturated heterocycles. The van der Waals surface area contributed by atoms with E-state index in [1.807, 2.05) is 0 Å². The first-order valence-corrected chi connectivity index (χ1v) is 27.0. The molecule has 0 saturated carbocycles. The Morgan fingerprint density at radius 1 is 0.595 bits per heavy atom. The first-order valence-electron chi connectivity index (χ1n) is 16.0. The van der Waals surface area contributed by atoms with Crippen LogP contribution in [-0.2, 0) is 0 Å². The zero-order valence-electron chi connectivity index (χ0n) is 29.5. The molecule has 1 aliphatic rings. The van der Waals surface area contributed by atoms with Crippen molar-refractivity contribution in [2.45, 2.75) is 125 Å². The van der Waals surface area contributed by atoms with E-state index in [-0.39, 0.29) is 0 Å². The molecule has 232 valence electrons. The van der Waals surface area contributed by atoms with E-state index in [0.717, 1.165) is 5.70 Å². The van der Waals surface area contributed by atoms with Crippen LogP contribution in [0.3, 0.4) is 0 Å². The monoisotopic (exact) mass is 666 g/mol. The number of nitrogens with one attached hydrogen (secondary N) is 2. The number of rotatable bonds is 10. The van der Waals surface area contributed by atoms with Gasteiger partial charge in [-0.05, 0) is 0 Å². The molecule has 0 atom stereocenters. The Bertz CT molecular complexity index is 1250. The van der Waals surface area contributed by atoms with Crippen molar-refractivity contribution < 1.29 is 0 Å². The number of allylic oxidation sites excluding steroid dienone is 2. The normalized spacial score (nSPS) is 16.4. The summed E-state index contributed by atoms with van der Waals surface area (Å²) in [5.74, 6) is 1.58. The van der Waals surface area contributed by atoms with Gasteiger partial charge in [-0.15, -0.1) is 0 Å². The van der Waals surface area contributed by atoms with Crippen LogP contribution < -0.4 is 15.6 Å². The molecule has 2 aromatic rings. The summed E-state index contributed by atoms with van der Waals surface area (Å²) in [6, 6.07) is 14.0. The van der Waals surface area contributed by atoms with Crippen molar-refractivity contribution in [1.82, 2.24) is 7.88 Å². The Labute approximate surface area is 264 Å². The molecule has 2 N–H and O–H groups in total. The molecule has 0 radical (unpaired) electrons. The van der Waals surface area contributed by atoms with Gasteiger partial charge in [0.15, 0.2) is 0 Å². The number of nitrogens with zero attached hydrogens (tertiary/aromatic N) is 2. The molecule has 0 unspecified atom stereocenters. The molecule has 2 aromatic carbocycles. The van der Waals surface area contributed by atoms with Gasteiger partial charge in [0.1, 0.15) is 0 Å². The Morgan fingerprint density at radius 2 is 0.905 bits per heavy atom. The van der Waals surface area contributed by atoms with Gasteiger partial charge >= 0.3 is 266 Å². The van der Waals surface area contributed by atoms with Gasteiger partial charge in [-0.2, -0.15) is 0 Å². The van der Waals surface area contributed by atoms with E-state index >= 15 is 0 Å². The van der Waals surface area contributed by atoms with Crippen LogP contribution in [0.15, 0.2) is 60.4 Å². The van der Waals surface area contributed by atoms with Gasteiger partial charge in [0.2, 0.25) is 0 Å². The Kier molecular flexibility index (Phi) is 10.6. The molecule has 0 fully saturated rings. The molecule has 7 heteroatoms. The van der Waals surface area contributed by atoms with Gasteiger partial charge in [0, 0.05) is 0 Å². The van der Waals surface area contributed by atoms with E-state index in [9.17, 15) is 0 Å². The second-order valence-corrected chi connectivity index (χ2v) is 32.9. The molecule has 0 bridgehead atoms. The van der Waals surface area contributed by atoms with Crippen LogP contribution >= 0.6 is 0 Å². The van der Waals surface area contributed by atoms with Gasteiger partial charge in [-0.3, -0.25) is 0 Å². The zero-order valence-corrected chi connectivity index (χ0v) is 33.6. The topological polar surface area (TPSA) is 30.5 Å². The standard InChI is InChI=1S/C35H60GeN4Si2/c1-24(2)30-19-17-20-31(25(3)4)34(30)39-28(9)23-29(10)40(36(39,37-41(11,12)13)38-42(14,15)16)35-32(26(5)6)21-18-22-33(35)27(7)8/h17-27,37-38H,9H2,1-8,10-16H3. The van der Waals surface area contributed by atoms with E-state index in [1.165, 1.54) is 39.3 Å². The average molecular weight is 666 g/mol. The molecule has 3 rings (SSSR count). The van der Waals surface area contributed by atoms with Crippen LogP contribution in [0.5, 0.6) is 0 Å². The third kappa shape index (κ3) is 7.20. The maximum atomic E-state index is 4.84. The number of hydrogen-bond donors (Lipinski definition) is 2. The quantitative estimate of drug-likeness (QED) is 0.247. The fourth-order valence-corrected chi connectivity index (χ4v) is 31.4. The van der Waals surface area contributed by atoms with Gasteiger partial charge in [-0.1, -0.05) is 0 Å². The zero-order chi connectivity index (χ0) is 31.9. The van der Waals surface area contributed by atoms with E-state index in [2.05, 4.69) is 160 Å². The molecular formula is C35H60GeN4Si2. The van der Waals surface area contributed by atoms with Crippen molar-refractivity contribution in [2.75, 3.05) is 7.71 Å². The van der Waals surface area contributed by atoms with Gasteiger partial charge in [0.25, 0.3) is 0 Å². The van der Waals surface area contributed by atoms with E-state index < -0.39 is 30.6 Å². The molecular weight excluding hydrogens is 605 g/mol. The van der Waals surface area contributed by atoms with E-state index in [0.29, 0.717) is 23.7 Å². The molecule has 0 amide bonds. The number of para-hydroxylation sites is 2. The Morgan fingerprint density at radius 3 is 1.19 bits per heavy atom. The first kappa shape index (κ1) is 34.9. The van der Waals surface area contributed by atoms with Crippen molar-refractivity contribution in [2.24, 2.45) is 0 Å². The van der Waals surface area contributed by atoms with Gasteiger partial charge in [-0.25, -0.2) is 0 Å². The van der Waals surface area contributed by atoms with Crippen molar-refractivity contribution in [1.29, 1.82) is 0 Å². The molecule has 1 aliphatic heterocycles. The van der Waals surface area contributed by atoms with Crippen LogP contribution in [0.25, 0.3) is 0 Å². The van der Waals surface area contributed by atoms with Crippen LogP contribution in [0.2, 0.25) is 39.3 Å². The Balaban J connectivity index is 2.66. The van der Waals surface area contributed by atoms with Crippen molar-refractivity contribution in [3.63, 3.8) is 0 Å². The summed E-state index contributed by atoms with van der Waals surface area (Å²) in [5.41, 5.74) is 10.8. The summed E-state index contributed by atoms with van der Waals surface area (Å²) >= 11 is -3.80. The minimum atomic E-state index is -3.80. The van der Waals surface area contributed by atoms with Crippen LogP contribution in [0, 0.1) is 0 Å². The molecule has 1 heterocycles. The fourth-order valence-electron chi connectivity index (χ4n) is 6.42. The SMILES string of the molecule is C=C1C=C(C)[N](c2c(C(C)C)cccc2C(C)C)[Ge]([NH][Si](C)(C)C)([NH][Si](C)(C)C)[N]1c1c(C(C)C)cccc1C(C)C. The third-order valence-corrected chi connectivity index (χ3v) is 28.9.